The Morgan fingerprint density at radius 2 is 1.79 bits per heavy atom. The predicted molar refractivity (Wildman–Crippen MR) is 114 cm³/mol. The van der Waals surface area contributed by atoms with Crippen molar-refractivity contribution in [2.75, 3.05) is 6.61 Å². The lowest BCUT2D eigenvalue weighted by Crippen LogP contribution is -2.33. The van der Waals surface area contributed by atoms with E-state index < -0.39 is 6.04 Å². The van der Waals surface area contributed by atoms with Gasteiger partial charge in [0.25, 0.3) is 0 Å². The molecular formula is C23H21ClN2O2. The van der Waals surface area contributed by atoms with E-state index in [1.807, 2.05) is 73.7 Å². The molecule has 0 saturated heterocycles. The molecule has 0 spiro atoms. The van der Waals surface area contributed by atoms with Gasteiger partial charge in [-0.3, -0.25) is 4.79 Å². The van der Waals surface area contributed by atoms with Crippen LogP contribution in [0.5, 0.6) is 0 Å². The van der Waals surface area contributed by atoms with Gasteiger partial charge in [-0.05, 0) is 42.3 Å². The predicted octanol–water partition coefficient (Wildman–Crippen LogP) is 4.93. The van der Waals surface area contributed by atoms with Crippen molar-refractivity contribution in [3.63, 3.8) is 0 Å². The molecule has 28 heavy (non-hydrogen) atoms. The second kappa shape index (κ2) is 7.66. The van der Waals surface area contributed by atoms with Crippen LogP contribution >= 0.6 is 11.6 Å². The van der Waals surface area contributed by atoms with Gasteiger partial charge in [-0.2, -0.15) is 0 Å². The molecule has 0 radical (unpaired) electrons. The van der Waals surface area contributed by atoms with Crippen LogP contribution in [0.15, 0.2) is 66.7 Å². The summed E-state index contributed by atoms with van der Waals surface area (Å²) in [5.41, 5.74) is 3.77. The van der Waals surface area contributed by atoms with Gasteiger partial charge in [0, 0.05) is 26.8 Å². The molecule has 2 atom stereocenters. The van der Waals surface area contributed by atoms with Gasteiger partial charge in [0.05, 0.1) is 18.6 Å². The van der Waals surface area contributed by atoms with E-state index in [0.717, 1.165) is 32.9 Å². The van der Waals surface area contributed by atoms with Crippen molar-refractivity contribution in [1.29, 1.82) is 0 Å². The number of amides is 1. The molecule has 4 nitrogen and oxygen atoms in total. The fourth-order valence-electron chi connectivity index (χ4n) is 3.53. The van der Waals surface area contributed by atoms with Crippen LogP contribution in [-0.4, -0.2) is 22.6 Å². The maximum Gasteiger partial charge on any atom is 0.227 e. The molecule has 3 aromatic carbocycles. The minimum absolute atomic E-state index is 0.124. The topological polar surface area (TPSA) is 65.1 Å². The third-order valence-corrected chi connectivity index (χ3v) is 5.41. The van der Waals surface area contributed by atoms with Gasteiger partial charge in [-0.25, -0.2) is 0 Å². The van der Waals surface area contributed by atoms with Crippen LogP contribution in [-0.2, 0) is 4.79 Å². The largest absolute Gasteiger partial charge is 0.394 e. The fraction of sp³-hybridized carbons (Fsp3) is 0.174. The van der Waals surface area contributed by atoms with E-state index in [0.29, 0.717) is 5.02 Å². The molecule has 1 heterocycles. The monoisotopic (exact) mass is 392 g/mol. The van der Waals surface area contributed by atoms with Crippen LogP contribution in [0.2, 0.25) is 5.02 Å². The Labute approximate surface area is 168 Å². The van der Waals surface area contributed by atoms with E-state index >= 15 is 0 Å². The Hall–Kier alpha value is -2.82. The summed E-state index contributed by atoms with van der Waals surface area (Å²) in [6.45, 7) is 1.72. The fourth-order valence-corrected chi connectivity index (χ4v) is 3.70. The zero-order chi connectivity index (χ0) is 19.7. The molecule has 0 fully saturated rings. The molecule has 0 saturated carbocycles. The molecule has 142 valence electrons. The van der Waals surface area contributed by atoms with Crippen molar-refractivity contribution in [2.24, 2.45) is 0 Å². The smallest absolute Gasteiger partial charge is 0.227 e. The number of carbonyl (C=O) groups excluding carboxylic acids is 1. The van der Waals surface area contributed by atoms with Crippen molar-refractivity contribution in [3.05, 3.63) is 82.9 Å². The van der Waals surface area contributed by atoms with Gasteiger partial charge in [0.1, 0.15) is 0 Å². The zero-order valence-electron chi connectivity index (χ0n) is 15.4. The summed E-state index contributed by atoms with van der Waals surface area (Å²) >= 11 is 6.12. The van der Waals surface area contributed by atoms with Gasteiger partial charge in [0.15, 0.2) is 0 Å². The first-order chi connectivity index (χ1) is 13.6. The number of aliphatic hydroxyl groups excluding tert-OH is 1. The Kier molecular flexibility index (Phi) is 5.07. The maximum absolute atomic E-state index is 12.8. The average Bonchev–Trinajstić information content (AvgIpc) is 3.08. The average molecular weight is 393 g/mol. The number of hydrogen-bond donors (Lipinski definition) is 3. The lowest BCUT2D eigenvalue weighted by molar-refractivity contribution is -0.123. The summed E-state index contributed by atoms with van der Waals surface area (Å²) in [5.74, 6) is -0.474. The number of rotatable bonds is 5. The molecule has 4 aromatic rings. The Morgan fingerprint density at radius 1 is 1.00 bits per heavy atom. The normalized spacial score (nSPS) is 13.5. The van der Waals surface area contributed by atoms with Crippen molar-refractivity contribution < 1.29 is 9.90 Å². The molecule has 1 amide bonds. The molecular weight excluding hydrogens is 372 g/mol. The van der Waals surface area contributed by atoms with Crippen molar-refractivity contribution in [1.82, 2.24) is 10.3 Å². The second-order valence-corrected chi connectivity index (χ2v) is 7.43. The first kappa shape index (κ1) is 18.5. The van der Waals surface area contributed by atoms with Gasteiger partial charge >= 0.3 is 0 Å². The summed E-state index contributed by atoms with van der Waals surface area (Å²) in [7, 11) is 0. The summed E-state index contributed by atoms with van der Waals surface area (Å²) in [6.07, 6.45) is 0. The van der Waals surface area contributed by atoms with Gasteiger partial charge in [-0.15, -0.1) is 0 Å². The number of aromatic amines is 1. The lowest BCUT2D eigenvalue weighted by atomic mass is 9.97. The van der Waals surface area contributed by atoms with Gasteiger partial charge in [0.2, 0.25) is 5.91 Å². The van der Waals surface area contributed by atoms with Crippen molar-refractivity contribution >= 4 is 39.3 Å². The highest BCUT2D eigenvalue weighted by Gasteiger charge is 2.20. The Morgan fingerprint density at radius 3 is 2.54 bits per heavy atom. The number of hydrogen-bond acceptors (Lipinski definition) is 2. The highest BCUT2D eigenvalue weighted by molar-refractivity contribution is 6.31. The number of nitrogens with one attached hydrogen (secondary N) is 2. The van der Waals surface area contributed by atoms with Crippen LogP contribution in [0.25, 0.3) is 21.8 Å². The summed E-state index contributed by atoms with van der Waals surface area (Å²) in [5, 5.41) is 15.5. The molecule has 0 bridgehead atoms. The molecule has 0 aliphatic rings. The standard InChI is InChI=1S/C23H21ClN2O2/c1-14(23(28)26-22(13-27)15-5-3-2-4-6-15)16-7-9-18-19-12-17(24)8-10-20(19)25-21(18)11-16/h2-12,14,22,25,27H,13H2,1H3,(H,26,28). The number of benzene rings is 3. The number of H-pyrrole nitrogens is 1. The third kappa shape index (κ3) is 3.49. The quantitative estimate of drug-likeness (QED) is 0.451. The van der Waals surface area contributed by atoms with E-state index in [1.54, 1.807) is 0 Å². The lowest BCUT2D eigenvalue weighted by Gasteiger charge is -2.20. The number of aromatic nitrogens is 1. The number of aliphatic hydroxyl groups is 1. The SMILES string of the molecule is CC(C(=O)NC(CO)c1ccccc1)c1ccc2c(c1)[nH]c1ccc(Cl)cc12. The molecule has 3 N–H and O–H groups in total. The summed E-state index contributed by atoms with van der Waals surface area (Å²) in [6, 6.07) is 20.8. The van der Waals surface area contributed by atoms with Gasteiger partial charge < -0.3 is 15.4 Å². The minimum atomic E-state index is -0.421. The van der Waals surface area contributed by atoms with Crippen LogP contribution in [0, 0.1) is 0 Å². The first-order valence-electron chi connectivity index (χ1n) is 9.24. The Balaban J connectivity index is 1.60. The summed E-state index contributed by atoms with van der Waals surface area (Å²) in [4.78, 5) is 16.2. The number of fused-ring (bicyclic) bond motifs is 3. The van der Waals surface area contributed by atoms with E-state index in [2.05, 4.69) is 10.3 Å². The Bertz CT molecular complexity index is 1140. The van der Waals surface area contributed by atoms with E-state index in [1.165, 1.54) is 0 Å². The molecule has 2 unspecified atom stereocenters. The highest BCUT2D eigenvalue weighted by atomic mass is 35.5. The molecule has 0 aliphatic heterocycles. The second-order valence-electron chi connectivity index (χ2n) is 7.00. The van der Waals surface area contributed by atoms with E-state index in [4.69, 9.17) is 11.6 Å². The van der Waals surface area contributed by atoms with E-state index in [-0.39, 0.29) is 18.4 Å². The molecule has 4 rings (SSSR count). The van der Waals surface area contributed by atoms with Crippen LogP contribution in [0.4, 0.5) is 0 Å². The molecule has 0 aliphatic carbocycles. The third-order valence-electron chi connectivity index (χ3n) is 5.18. The maximum atomic E-state index is 12.8. The van der Waals surface area contributed by atoms with Crippen molar-refractivity contribution in [3.8, 4) is 0 Å². The minimum Gasteiger partial charge on any atom is -0.394 e. The van der Waals surface area contributed by atoms with Crippen molar-refractivity contribution in [2.45, 2.75) is 18.9 Å². The van der Waals surface area contributed by atoms with Gasteiger partial charge in [-0.1, -0.05) is 54.1 Å². The first-order valence-corrected chi connectivity index (χ1v) is 9.61. The van der Waals surface area contributed by atoms with Crippen LogP contribution in [0.3, 0.4) is 0 Å². The zero-order valence-corrected chi connectivity index (χ0v) is 16.2. The molecule has 5 heteroatoms. The van der Waals surface area contributed by atoms with E-state index in [9.17, 15) is 9.90 Å². The van der Waals surface area contributed by atoms with Crippen LogP contribution in [0.1, 0.15) is 30.0 Å². The summed E-state index contributed by atoms with van der Waals surface area (Å²) < 4.78 is 0. The van der Waals surface area contributed by atoms with Crippen LogP contribution < -0.4 is 5.32 Å². The number of halogens is 1. The highest BCUT2D eigenvalue weighted by Crippen LogP contribution is 2.30. The molecule has 1 aromatic heterocycles. The number of carbonyl (C=O) groups is 1.